The number of hydrogen-bond acceptors (Lipinski definition) is 8. The molecule has 41 heavy (non-hydrogen) atoms. The molecule has 222 valence electrons. The van der Waals surface area contributed by atoms with Gasteiger partial charge in [-0.1, -0.05) is 48.5 Å². The number of sulfonamides is 1. The first kappa shape index (κ1) is 31.0. The minimum Gasteiger partial charge on any atom is -0.491 e. The van der Waals surface area contributed by atoms with Crippen LogP contribution in [-0.4, -0.2) is 61.1 Å². The summed E-state index contributed by atoms with van der Waals surface area (Å²) in [4.78, 5) is 0. The van der Waals surface area contributed by atoms with Crippen LogP contribution in [0.5, 0.6) is 5.75 Å². The standard InChI is InChI=1S/C30H37NO8S2/c1-40(32,33)39-29(24-41(34,35)31(26-12-4-2-5-13-26)27-14-6-3-7-15-27)19-18-25-11-10-16-28(23-25)36-21-22-38-30-17-8-9-20-37-30/h2-7,10-16,23,29-30H,8-9,17-22,24H2,1H3. The molecule has 4 rings (SSSR count). The van der Waals surface area contributed by atoms with Crippen molar-refractivity contribution in [1.29, 1.82) is 0 Å². The van der Waals surface area contributed by atoms with E-state index in [1.54, 1.807) is 60.7 Å². The van der Waals surface area contributed by atoms with Gasteiger partial charge in [0.1, 0.15) is 12.4 Å². The molecular weight excluding hydrogens is 566 g/mol. The lowest BCUT2D eigenvalue weighted by Gasteiger charge is -2.27. The van der Waals surface area contributed by atoms with Gasteiger partial charge in [-0.15, -0.1) is 0 Å². The van der Waals surface area contributed by atoms with Crippen molar-refractivity contribution in [2.45, 2.75) is 44.5 Å². The molecule has 1 aliphatic rings. The zero-order valence-electron chi connectivity index (χ0n) is 23.1. The average Bonchev–Trinajstić information content (AvgIpc) is 2.95. The first-order chi connectivity index (χ1) is 19.7. The van der Waals surface area contributed by atoms with E-state index in [1.165, 1.54) is 4.31 Å². The lowest BCUT2D eigenvalue weighted by Crippen LogP contribution is -2.36. The highest BCUT2D eigenvalue weighted by molar-refractivity contribution is 7.93. The number of benzene rings is 3. The zero-order chi connectivity index (χ0) is 29.1. The number of anilines is 2. The summed E-state index contributed by atoms with van der Waals surface area (Å²) in [6.45, 7) is 1.47. The molecule has 1 fully saturated rings. The van der Waals surface area contributed by atoms with Crippen molar-refractivity contribution in [2.24, 2.45) is 0 Å². The van der Waals surface area contributed by atoms with E-state index in [9.17, 15) is 16.8 Å². The van der Waals surface area contributed by atoms with Crippen molar-refractivity contribution in [3.8, 4) is 5.75 Å². The van der Waals surface area contributed by atoms with Crippen LogP contribution < -0.4 is 9.04 Å². The second-order valence-electron chi connectivity index (χ2n) is 9.84. The normalized spacial score (nSPS) is 16.7. The highest BCUT2D eigenvalue weighted by Crippen LogP contribution is 2.30. The van der Waals surface area contributed by atoms with Gasteiger partial charge in [0.05, 0.1) is 36.1 Å². The molecule has 0 spiro atoms. The van der Waals surface area contributed by atoms with Crippen molar-refractivity contribution >= 4 is 31.5 Å². The SMILES string of the molecule is CS(=O)(=O)OC(CCc1cccc(OCCOC2CCCCO2)c1)CS(=O)(=O)N(c1ccccc1)c1ccccc1. The Bertz CT molecular complexity index is 1390. The average molecular weight is 604 g/mol. The molecule has 1 aliphatic heterocycles. The third-order valence-electron chi connectivity index (χ3n) is 6.41. The van der Waals surface area contributed by atoms with Crippen LogP contribution in [0.15, 0.2) is 84.9 Å². The number of ether oxygens (including phenoxy) is 3. The van der Waals surface area contributed by atoms with Crippen molar-refractivity contribution in [3.05, 3.63) is 90.5 Å². The Morgan fingerprint density at radius 1 is 0.878 bits per heavy atom. The molecular formula is C30H37NO8S2. The Balaban J connectivity index is 1.42. The summed E-state index contributed by atoms with van der Waals surface area (Å²) in [5.74, 6) is 0.115. The summed E-state index contributed by atoms with van der Waals surface area (Å²) in [6, 6.07) is 24.7. The Morgan fingerprint density at radius 3 is 2.17 bits per heavy atom. The summed E-state index contributed by atoms with van der Waals surface area (Å²) >= 11 is 0. The third kappa shape index (κ3) is 10.1. The molecule has 0 aliphatic carbocycles. The molecule has 1 saturated heterocycles. The van der Waals surface area contributed by atoms with Gasteiger partial charge in [0.25, 0.3) is 10.1 Å². The maximum Gasteiger partial charge on any atom is 0.264 e. The van der Waals surface area contributed by atoms with Crippen LogP contribution in [0.25, 0.3) is 0 Å². The smallest absolute Gasteiger partial charge is 0.264 e. The quantitative estimate of drug-likeness (QED) is 0.175. The highest BCUT2D eigenvalue weighted by Gasteiger charge is 2.30. The van der Waals surface area contributed by atoms with Crippen LogP contribution in [0, 0.1) is 0 Å². The molecule has 11 heteroatoms. The second kappa shape index (κ2) is 14.8. The van der Waals surface area contributed by atoms with E-state index in [2.05, 4.69) is 0 Å². The van der Waals surface area contributed by atoms with Crippen LogP contribution in [0.4, 0.5) is 11.4 Å². The van der Waals surface area contributed by atoms with Crippen LogP contribution in [0.2, 0.25) is 0 Å². The fraction of sp³-hybridized carbons (Fsp3) is 0.400. The van der Waals surface area contributed by atoms with Gasteiger partial charge < -0.3 is 14.2 Å². The molecule has 0 aromatic heterocycles. The van der Waals surface area contributed by atoms with Crippen molar-refractivity contribution in [2.75, 3.05) is 36.1 Å². The maximum atomic E-state index is 13.8. The summed E-state index contributed by atoms with van der Waals surface area (Å²) in [6.07, 6.45) is 3.23. The Morgan fingerprint density at radius 2 is 1.56 bits per heavy atom. The van der Waals surface area contributed by atoms with Crippen LogP contribution in [0.1, 0.15) is 31.2 Å². The minimum atomic E-state index is -4.04. The molecule has 0 amide bonds. The van der Waals surface area contributed by atoms with Crippen molar-refractivity contribution < 1.29 is 35.2 Å². The minimum absolute atomic E-state index is 0.162. The second-order valence-corrected chi connectivity index (χ2v) is 13.3. The van der Waals surface area contributed by atoms with Crippen molar-refractivity contribution in [1.82, 2.24) is 0 Å². The Kier molecular flexibility index (Phi) is 11.2. The van der Waals surface area contributed by atoms with Gasteiger partial charge in [-0.2, -0.15) is 8.42 Å². The van der Waals surface area contributed by atoms with Gasteiger partial charge in [-0.05, 0) is 74.1 Å². The van der Waals surface area contributed by atoms with E-state index in [-0.39, 0.29) is 12.7 Å². The molecule has 0 bridgehead atoms. The number of hydrogen-bond donors (Lipinski definition) is 0. The van der Waals surface area contributed by atoms with Gasteiger partial charge in [-0.25, -0.2) is 12.7 Å². The molecule has 3 aromatic rings. The topological polar surface area (TPSA) is 108 Å². The number of aryl methyl sites for hydroxylation is 1. The molecule has 2 unspecified atom stereocenters. The van der Waals surface area contributed by atoms with E-state index in [0.717, 1.165) is 37.7 Å². The van der Waals surface area contributed by atoms with E-state index in [4.69, 9.17) is 18.4 Å². The lowest BCUT2D eigenvalue weighted by molar-refractivity contribution is -0.165. The van der Waals surface area contributed by atoms with Crippen molar-refractivity contribution in [3.63, 3.8) is 0 Å². The highest BCUT2D eigenvalue weighted by atomic mass is 32.2. The van der Waals surface area contributed by atoms with E-state index < -0.39 is 32.0 Å². The molecule has 9 nitrogen and oxygen atoms in total. The van der Waals surface area contributed by atoms with E-state index in [0.29, 0.717) is 36.8 Å². The first-order valence-electron chi connectivity index (χ1n) is 13.7. The van der Waals surface area contributed by atoms with E-state index >= 15 is 0 Å². The lowest BCUT2D eigenvalue weighted by atomic mass is 10.1. The molecule has 0 radical (unpaired) electrons. The zero-order valence-corrected chi connectivity index (χ0v) is 24.8. The summed E-state index contributed by atoms with van der Waals surface area (Å²) in [5, 5.41) is 0. The van der Waals surface area contributed by atoms with Crippen LogP contribution in [0.3, 0.4) is 0 Å². The van der Waals surface area contributed by atoms with Gasteiger partial charge in [0, 0.05) is 6.61 Å². The molecule has 1 heterocycles. The fourth-order valence-corrected chi connectivity index (χ4v) is 7.10. The van der Waals surface area contributed by atoms with Crippen LogP contribution in [-0.2, 0) is 40.2 Å². The van der Waals surface area contributed by atoms with Gasteiger partial charge >= 0.3 is 0 Å². The molecule has 2 atom stereocenters. The fourth-order valence-electron chi connectivity index (χ4n) is 4.61. The first-order valence-corrected chi connectivity index (χ1v) is 17.1. The Hall–Kier alpha value is -2.96. The number of para-hydroxylation sites is 2. The molecule has 0 saturated carbocycles. The van der Waals surface area contributed by atoms with Gasteiger partial charge in [-0.3, -0.25) is 4.18 Å². The summed E-state index contributed by atoms with van der Waals surface area (Å²) < 4.78 is 75.3. The van der Waals surface area contributed by atoms with Gasteiger partial charge in [0.2, 0.25) is 10.0 Å². The number of rotatable bonds is 15. The third-order valence-corrected chi connectivity index (χ3v) is 8.81. The predicted molar refractivity (Wildman–Crippen MR) is 158 cm³/mol. The van der Waals surface area contributed by atoms with E-state index in [1.807, 2.05) is 24.3 Å². The predicted octanol–water partition coefficient (Wildman–Crippen LogP) is 5.05. The summed E-state index contributed by atoms with van der Waals surface area (Å²) in [7, 11) is -7.96. The largest absolute Gasteiger partial charge is 0.491 e. The molecule has 3 aromatic carbocycles. The summed E-state index contributed by atoms with van der Waals surface area (Å²) in [5.41, 5.74) is 1.75. The monoisotopic (exact) mass is 603 g/mol. The Labute approximate surface area is 243 Å². The maximum absolute atomic E-state index is 13.8. The molecule has 0 N–H and O–H groups in total. The van der Waals surface area contributed by atoms with Crippen LogP contribution >= 0.6 is 0 Å². The number of nitrogens with zero attached hydrogens (tertiary/aromatic N) is 1. The van der Waals surface area contributed by atoms with Gasteiger partial charge in [0.15, 0.2) is 6.29 Å².